The molecule has 0 radical (unpaired) electrons. The van der Waals surface area contributed by atoms with Crippen molar-refractivity contribution >= 4 is 11.8 Å². The molecule has 1 saturated carbocycles. The van der Waals surface area contributed by atoms with E-state index in [0.717, 1.165) is 6.54 Å². The number of benzene rings is 1. The Hall–Kier alpha value is -1.88. The van der Waals surface area contributed by atoms with E-state index >= 15 is 0 Å². The topological polar surface area (TPSA) is 43.9 Å². The summed E-state index contributed by atoms with van der Waals surface area (Å²) in [6.45, 7) is 6.24. The zero-order valence-corrected chi connectivity index (χ0v) is 19.3. The second kappa shape index (κ2) is 10.4. The number of hydrogen-bond donors (Lipinski definition) is 0. The Kier molecular flexibility index (Phi) is 7.93. The number of fused-ring (bicyclic) bond motifs is 1. The Labute approximate surface area is 182 Å². The van der Waals surface area contributed by atoms with Gasteiger partial charge in [0.15, 0.2) is 0 Å². The van der Waals surface area contributed by atoms with Crippen LogP contribution >= 0.6 is 0 Å². The van der Waals surface area contributed by atoms with Crippen LogP contribution in [0, 0.1) is 5.92 Å². The van der Waals surface area contributed by atoms with Crippen molar-refractivity contribution in [2.45, 2.75) is 77.4 Å². The molecule has 2 aliphatic rings. The molecular formula is C25H39N3O2. The highest BCUT2D eigenvalue weighted by molar-refractivity contribution is 5.88. The highest BCUT2D eigenvalue weighted by Gasteiger charge is 2.36. The van der Waals surface area contributed by atoms with Gasteiger partial charge in [0.2, 0.25) is 11.8 Å². The van der Waals surface area contributed by atoms with Crippen LogP contribution in [0.2, 0.25) is 0 Å². The van der Waals surface area contributed by atoms with Crippen molar-refractivity contribution in [1.82, 2.24) is 14.7 Å². The van der Waals surface area contributed by atoms with E-state index in [2.05, 4.69) is 37.9 Å². The van der Waals surface area contributed by atoms with E-state index < -0.39 is 6.04 Å². The average Bonchev–Trinajstić information content (AvgIpc) is 2.75. The van der Waals surface area contributed by atoms with Crippen LogP contribution in [0.1, 0.15) is 63.5 Å². The van der Waals surface area contributed by atoms with Gasteiger partial charge < -0.3 is 14.7 Å². The van der Waals surface area contributed by atoms with Crippen LogP contribution in [0.15, 0.2) is 24.3 Å². The molecule has 0 N–H and O–H groups in total. The summed E-state index contributed by atoms with van der Waals surface area (Å²) < 4.78 is 0. The fourth-order valence-corrected chi connectivity index (χ4v) is 4.85. The maximum atomic E-state index is 13.4. The van der Waals surface area contributed by atoms with Gasteiger partial charge in [0, 0.05) is 45.6 Å². The molecule has 1 aromatic rings. The van der Waals surface area contributed by atoms with Crippen molar-refractivity contribution in [3.63, 3.8) is 0 Å². The molecule has 1 aromatic carbocycles. The summed E-state index contributed by atoms with van der Waals surface area (Å²) in [7, 11) is 4.08. The van der Waals surface area contributed by atoms with Crippen LogP contribution < -0.4 is 0 Å². The third-order valence-electron chi connectivity index (χ3n) is 6.80. The Morgan fingerprint density at radius 1 is 1.03 bits per heavy atom. The molecule has 2 amide bonds. The SMILES string of the molecule is CC(C)CC(=O)N1Cc2ccccc2CC1C(=O)N(C)CCN(C)C1CCCCC1. The van der Waals surface area contributed by atoms with Gasteiger partial charge >= 0.3 is 0 Å². The van der Waals surface area contributed by atoms with Crippen molar-refractivity contribution in [2.75, 3.05) is 27.2 Å². The molecule has 0 spiro atoms. The van der Waals surface area contributed by atoms with Gasteiger partial charge in [-0.3, -0.25) is 9.59 Å². The maximum Gasteiger partial charge on any atom is 0.245 e. The van der Waals surface area contributed by atoms with Gasteiger partial charge in [0.1, 0.15) is 6.04 Å². The summed E-state index contributed by atoms with van der Waals surface area (Å²) in [6.07, 6.45) is 7.63. The van der Waals surface area contributed by atoms with Crippen molar-refractivity contribution in [3.05, 3.63) is 35.4 Å². The van der Waals surface area contributed by atoms with Gasteiger partial charge in [-0.1, -0.05) is 57.4 Å². The van der Waals surface area contributed by atoms with Gasteiger partial charge in [-0.25, -0.2) is 0 Å². The smallest absolute Gasteiger partial charge is 0.245 e. The molecular weight excluding hydrogens is 374 g/mol. The van der Waals surface area contributed by atoms with E-state index in [1.807, 2.05) is 29.0 Å². The minimum absolute atomic E-state index is 0.0682. The maximum absolute atomic E-state index is 13.4. The second-order valence-electron chi connectivity index (χ2n) is 9.64. The Bertz CT molecular complexity index is 727. The molecule has 30 heavy (non-hydrogen) atoms. The van der Waals surface area contributed by atoms with Gasteiger partial charge in [-0.05, 0) is 36.9 Å². The first-order valence-corrected chi connectivity index (χ1v) is 11.7. The lowest BCUT2D eigenvalue weighted by atomic mass is 9.92. The number of rotatable bonds is 7. The number of amides is 2. The summed E-state index contributed by atoms with van der Waals surface area (Å²) in [5, 5.41) is 0. The molecule has 1 atom stereocenters. The van der Waals surface area contributed by atoms with Crippen molar-refractivity contribution in [2.24, 2.45) is 5.92 Å². The molecule has 0 bridgehead atoms. The number of likely N-dealkylation sites (N-methyl/N-ethyl adjacent to an activating group) is 2. The second-order valence-corrected chi connectivity index (χ2v) is 9.64. The molecule has 1 fully saturated rings. The summed E-state index contributed by atoms with van der Waals surface area (Å²) in [6, 6.07) is 8.46. The summed E-state index contributed by atoms with van der Waals surface area (Å²) in [5.74, 6) is 0.441. The van der Waals surface area contributed by atoms with E-state index in [9.17, 15) is 9.59 Å². The van der Waals surface area contributed by atoms with Crippen LogP contribution in [0.5, 0.6) is 0 Å². The lowest BCUT2D eigenvalue weighted by molar-refractivity contribution is -0.147. The zero-order valence-electron chi connectivity index (χ0n) is 19.3. The van der Waals surface area contributed by atoms with Gasteiger partial charge in [0.25, 0.3) is 0 Å². The first-order chi connectivity index (χ1) is 14.4. The fourth-order valence-electron chi connectivity index (χ4n) is 4.85. The molecule has 1 aliphatic heterocycles. The monoisotopic (exact) mass is 413 g/mol. The fraction of sp³-hybridized carbons (Fsp3) is 0.680. The lowest BCUT2D eigenvalue weighted by Gasteiger charge is -2.39. The van der Waals surface area contributed by atoms with Gasteiger partial charge in [0.05, 0.1) is 0 Å². The molecule has 1 aliphatic carbocycles. The van der Waals surface area contributed by atoms with E-state index in [-0.39, 0.29) is 17.7 Å². The Morgan fingerprint density at radius 3 is 2.37 bits per heavy atom. The molecule has 3 rings (SSSR count). The minimum Gasteiger partial charge on any atom is -0.343 e. The van der Waals surface area contributed by atoms with Crippen molar-refractivity contribution in [3.8, 4) is 0 Å². The van der Waals surface area contributed by atoms with Crippen molar-refractivity contribution in [1.29, 1.82) is 0 Å². The average molecular weight is 414 g/mol. The van der Waals surface area contributed by atoms with E-state index in [0.29, 0.717) is 32.0 Å². The van der Waals surface area contributed by atoms with Crippen LogP contribution in [0.25, 0.3) is 0 Å². The third kappa shape index (κ3) is 5.63. The lowest BCUT2D eigenvalue weighted by Crippen LogP contribution is -2.54. The molecule has 0 saturated heterocycles. The standard InChI is InChI=1S/C25H39N3O2/c1-19(2)16-24(29)28-18-21-11-9-8-10-20(21)17-23(28)25(30)27(4)15-14-26(3)22-12-6-5-7-13-22/h8-11,19,22-23H,5-7,12-18H2,1-4H3. The largest absolute Gasteiger partial charge is 0.343 e. The molecule has 166 valence electrons. The predicted octanol–water partition coefficient (Wildman–Crippen LogP) is 3.71. The molecule has 1 heterocycles. The van der Waals surface area contributed by atoms with Crippen LogP contribution in [0.3, 0.4) is 0 Å². The summed E-state index contributed by atoms with van der Waals surface area (Å²) in [5.41, 5.74) is 2.36. The normalized spacial score (nSPS) is 19.8. The molecule has 5 heteroatoms. The van der Waals surface area contributed by atoms with Gasteiger partial charge in [-0.2, -0.15) is 0 Å². The van der Waals surface area contributed by atoms with E-state index in [4.69, 9.17) is 0 Å². The molecule has 5 nitrogen and oxygen atoms in total. The summed E-state index contributed by atoms with van der Waals surface area (Å²) >= 11 is 0. The van der Waals surface area contributed by atoms with Crippen molar-refractivity contribution < 1.29 is 9.59 Å². The number of carbonyl (C=O) groups is 2. The first-order valence-electron chi connectivity index (χ1n) is 11.7. The Morgan fingerprint density at radius 2 is 1.70 bits per heavy atom. The third-order valence-corrected chi connectivity index (χ3v) is 6.80. The first kappa shape index (κ1) is 22.8. The molecule has 0 aromatic heterocycles. The highest BCUT2D eigenvalue weighted by atomic mass is 16.2. The predicted molar refractivity (Wildman–Crippen MR) is 121 cm³/mol. The zero-order chi connectivity index (χ0) is 21.7. The van der Waals surface area contributed by atoms with E-state index in [1.54, 1.807) is 0 Å². The summed E-state index contributed by atoms with van der Waals surface area (Å²) in [4.78, 5) is 32.5. The van der Waals surface area contributed by atoms with Crippen LogP contribution in [0.4, 0.5) is 0 Å². The van der Waals surface area contributed by atoms with Crippen LogP contribution in [-0.4, -0.2) is 65.8 Å². The highest BCUT2D eigenvalue weighted by Crippen LogP contribution is 2.26. The quantitative estimate of drug-likeness (QED) is 0.684. The van der Waals surface area contributed by atoms with E-state index in [1.165, 1.54) is 43.2 Å². The van der Waals surface area contributed by atoms with Crippen LogP contribution in [-0.2, 0) is 22.6 Å². The number of nitrogens with zero attached hydrogens (tertiary/aromatic N) is 3. The Balaban J connectivity index is 1.66. The number of hydrogen-bond acceptors (Lipinski definition) is 3. The molecule has 1 unspecified atom stereocenters. The van der Waals surface area contributed by atoms with Gasteiger partial charge in [-0.15, -0.1) is 0 Å². The minimum atomic E-state index is -0.392. The number of carbonyl (C=O) groups excluding carboxylic acids is 2.